The fraction of sp³-hybridized carbons (Fsp3) is 0.278. The summed E-state index contributed by atoms with van der Waals surface area (Å²) in [7, 11) is 1.90. The molecule has 3 nitrogen and oxygen atoms in total. The highest BCUT2D eigenvalue weighted by Crippen LogP contribution is 2.26. The Morgan fingerprint density at radius 2 is 1.90 bits per heavy atom. The summed E-state index contributed by atoms with van der Waals surface area (Å²) >= 11 is 0. The molecule has 1 aliphatic carbocycles. The quantitative estimate of drug-likeness (QED) is 0.727. The fourth-order valence-electron chi connectivity index (χ4n) is 3.40. The summed E-state index contributed by atoms with van der Waals surface area (Å²) in [6.45, 7) is 0. The molecule has 0 amide bonds. The normalized spacial score (nSPS) is 14.3. The summed E-state index contributed by atoms with van der Waals surface area (Å²) in [5.41, 5.74) is 5.43. The van der Waals surface area contributed by atoms with Crippen molar-refractivity contribution in [1.29, 1.82) is 0 Å². The number of hydrogen-bond acceptors (Lipinski definition) is 1. The topological polar surface area (TPSA) is 37.8 Å². The Morgan fingerprint density at radius 3 is 2.76 bits per heavy atom. The Balaban J connectivity index is 1.95. The second kappa shape index (κ2) is 4.62. The van der Waals surface area contributed by atoms with E-state index in [-0.39, 0.29) is 5.56 Å². The Hall–Kier alpha value is -2.29. The molecule has 3 aromatic rings. The molecule has 0 fully saturated rings. The van der Waals surface area contributed by atoms with Crippen LogP contribution in [0.3, 0.4) is 0 Å². The van der Waals surface area contributed by atoms with Crippen LogP contribution in [0.25, 0.3) is 22.2 Å². The Labute approximate surface area is 123 Å². The predicted octanol–water partition coefficient (Wildman–Crippen LogP) is 3.41. The monoisotopic (exact) mass is 278 g/mol. The molecule has 1 aliphatic rings. The number of nitrogens with one attached hydrogen (secondary N) is 1. The van der Waals surface area contributed by atoms with Crippen LogP contribution in [0.4, 0.5) is 0 Å². The first kappa shape index (κ1) is 12.5. The first-order chi connectivity index (χ1) is 10.2. The van der Waals surface area contributed by atoms with Crippen molar-refractivity contribution in [2.45, 2.75) is 25.7 Å². The van der Waals surface area contributed by atoms with Crippen LogP contribution in [-0.4, -0.2) is 9.55 Å². The summed E-state index contributed by atoms with van der Waals surface area (Å²) in [4.78, 5) is 16.0. The van der Waals surface area contributed by atoms with Crippen LogP contribution in [0.5, 0.6) is 0 Å². The largest absolute Gasteiger partial charge is 0.354 e. The highest BCUT2D eigenvalue weighted by molar-refractivity contribution is 5.85. The van der Waals surface area contributed by atoms with Crippen molar-refractivity contribution in [2.24, 2.45) is 7.05 Å². The molecule has 0 bridgehead atoms. The second-order valence-electron chi connectivity index (χ2n) is 5.87. The SMILES string of the molecule is Cn1c2c(cc(-c3cc4ccccc4[nH]3)c1=O)CCCC2. The molecule has 4 rings (SSSR count). The average molecular weight is 278 g/mol. The van der Waals surface area contributed by atoms with Gasteiger partial charge in [-0.3, -0.25) is 4.79 Å². The minimum atomic E-state index is 0.0993. The van der Waals surface area contributed by atoms with Gasteiger partial charge in [0.15, 0.2) is 0 Å². The van der Waals surface area contributed by atoms with Crippen molar-refractivity contribution >= 4 is 10.9 Å². The molecule has 1 N–H and O–H groups in total. The predicted molar refractivity (Wildman–Crippen MR) is 85.6 cm³/mol. The lowest BCUT2D eigenvalue weighted by Gasteiger charge is -2.19. The van der Waals surface area contributed by atoms with E-state index in [0.717, 1.165) is 35.0 Å². The van der Waals surface area contributed by atoms with E-state index in [2.05, 4.69) is 23.2 Å². The van der Waals surface area contributed by atoms with Gasteiger partial charge < -0.3 is 9.55 Å². The molecule has 21 heavy (non-hydrogen) atoms. The smallest absolute Gasteiger partial charge is 0.259 e. The number of aryl methyl sites for hydroxylation is 1. The zero-order chi connectivity index (χ0) is 14.4. The summed E-state index contributed by atoms with van der Waals surface area (Å²) in [5, 5.41) is 1.15. The number of pyridine rings is 1. The lowest BCUT2D eigenvalue weighted by molar-refractivity contribution is 0.624. The van der Waals surface area contributed by atoms with Gasteiger partial charge in [-0.2, -0.15) is 0 Å². The van der Waals surface area contributed by atoms with E-state index in [4.69, 9.17) is 0 Å². The maximum atomic E-state index is 12.7. The Morgan fingerprint density at radius 1 is 1.10 bits per heavy atom. The molecule has 0 radical (unpaired) electrons. The van der Waals surface area contributed by atoms with E-state index in [0.29, 0.717) is 0 Å². The van der Waals surface area contributed by atoms with Gasteiger partial charge in [-0.1, -0.05) is 18.2 Å². The van der Waals surface area contributed by atoms with Crippen LogP contribution >= 0.6 is 0 Å². The zero-order valence-corrected chi connectivity index (χ0v) is 12.1. The van der Waals surface area contributed by atoms with Crippen LogP contribution in [0.1, 0.15) is 24.1 Å². The number of nitrogens with zero attached hydrogens (tertiary/aromatic N) is 1. The molecular formula is C18H18N2O. The number of aromatic amines is 1. The zero-order valence-electron chi connectivity index (χ0n) is 12.1. The van der Waals surface area contributed by atoms with Gasteiger partial charge >= 0.3 is 0 Å². The van der Waals surface area contributed by atoms with Crippen molar-refractivity contribution in [2.75, 3.05) is 0 Å². The van der Waals surface area contributed by atoms with Crippen LogP contribution in [0.2, 0.25) is 0 Å². The standard InChI is InChI=1S/C18H18N2O/c1-20-17-9-5-3-7-13(17)10-14(18(20)21)16-11-12-6-2-4-8-15(12)19-16/h2,4,6,8,10-11,19H,3,5,7,9H2,1H3. The van der Waals surface area contributed by atoms with Gasteiger partial charge in [0.25, 0.3) is 5.56 Å². The van der Waals surface area contributed by atoms with E-state index in [9.17, 15) is 4.79 Å². The third-order valence-corrected chi connectivity index (χ3v) is 4.56. The summed E-state index contributed by atoms with van der Waals surface area (Å²) in [6.07, 6.45) is 4.51. The molecule has 0 spiro atoms. The van der Waals surface area contributed by atoms with Gasteiger partial charge in [-0.25, -0.2) is 0 Å². The van der Waals surface area contributed by atoms with Gasteiger partial charge in [0, 0.05) is 23.6 Å². The molecule has 0 atom stereocenters. The van der Waals surface area contributed by atoms with Crippen molar-refractivity contribution in [3.63, 3.8) is 0 Å². The number of rotatable bonds is 1. The number of fused-ring (bicyclic) bond motifs is 2. The van der Waals surface area contributed by atoms with Gasteiger partial charge in [-0.15, -0.1) is 0 Å². The van der Waals surface area contributed by atoms with Crippen molar-refractivity contribution in [3.05, 3.63) is 58.0 Å². The van der Waals surface area contributed by atoms with Crippen molar-refractivity contribution in [1.82, 2.24) is 9.55 Å². The highest BCUT2D eigenvalue weighted by Gasteiger charge is 2.17. The minimum Gasteiger partial charge on any atom is -0.354 e. The van der Waals surface area contributed by atoms with Crippen molar-refractivity contribution in [3.8, 4) is 11.3 Å². The van der Waals surface area contributed by atoms with Crippen LogP contribution < -0.4 is 5.56 Å². The maximum Gasteiger partial charge on any atom is 0.259 e. The molecule has 3 heteroatoms. The molecular weight excluding hydrogens is 260 g/mol. The first-order valence-electron chi connectivity index (χ1n) is 7.54. The molecule has 0 aliphatic heterocycles. The van der Waals surface area contributed by atoms with Crippen LogP contribution in [-0.2, 0) is 19.9 Å². The lowest BCUT2D eigenvalue weighted by Crippen LogP contribution is -2.25. The molecule has 0 unspecified atom stereocenters. The average Bonchev–Trinajstić information content (AvgIpc) is 2.94. The van der Waals surface area contributed by atoms with Crippen molar-refractivity contribution < 1.29 is 0 Å². The number of aromatic nitrogens is 2. The third kappa shape index (κ3) is 1.92. The summed E-state index contributed by atoms with van der Waals surface area (Å²) < 4.78 is 1.84. The van der Waals surface area contributed by atoms with Gasteiger partial charge in [0.1, 0.15) is 0 Å². The van der Waals surface area contributed by atoms with E-state index in [1.54, 1.807) is 0 Å². The van der Waals surface area contributed by atoms with Gasteiger partial charge in [-0.05, 0) is 49.4 Å². The number of hydrogen-bond donors (Lipinski definition) is 1. The number of H-pyrrole nitrogens is 1. The van der Waals surface area contributed by atoms with Crippen LogP contribution in [0, 0.1) is 0 Å². The fourth-order valence-corrected chi connectivity index (χ4v) is 3.40. The minimum absolute atomic E-state index is 0.0993. The molecule has 0 saturated carbocycles. The third-order valence-electron chi connectivity index (χ3n) is 4.56. The molecule has 2 aromatic heterocycles. The molecule has 2 heterocycles. The molecule has 106 valence electrons. The van der Waals surface area contributed by atoms with Gasteiger partial charge in [0.05, 0.1) is 11.3 Å². The van der Waals surface area contributed by atoms with E-state index >= 15 is 0 Å². The second-order valence-corrected chi connectivity index (χ2v) is 5.87. The van der Waals surface area contributed by atoms with Gasteiger partial charge in [0.2, 0.25) is 0 Å². The molecule has 0 saturated heterocycles. The Bertz CT molecular complexity index is 853. The van der Waals surface area contributed by atoms with E-state index in [1.165, 1.54) is 24.1 Å². The highest BCUT2D eigenvalue weighted by atomic mass is 16.1. The van der Waals surface area contributed by atoms with E-state index < -0.39 is 0 Å². The number of para-hydroxylation sites is 1. The lowest BCUT2D eigenvalue weighted by atomic mass is 9.94. The van der Waals surface area contributed by atoms with Crippen LogP contribution in [0.15, 0.2) is 41.2 Å². The van der Waals surface area contributed by atoms with E-state index in [1.807, 2.05) is 29.8 Å². The maximum absolute atomic E-state index is 12.7. The molecule has 1 aromatic carbocycles. The first-order valence-corrected chi connectivity index (χ1v) is 7.54. The summed E-state index contributed by atoms with van der Waals surface area (Å²) in [6, 6.07) is 12.3. The number of benzene rings is 1. The summed E-state index contributed by atoms with van der Waals surface area (Å²) in [5.74, 6) is 0. The Kier molecular flexibility index (Phi) is 2.74.